The lowest BCUT2D eigenvalue weighted by Crippen LogP contribution is -2.34. The molecular formula is C18H18FN3O4. The Morgan fingerprint density at radius 1 is 1.35 bits per heavy atom. The number of anilines is 1. The van der Waals surface area contributed by atoms with E-state index in [0.29, 0.717) is 18.0 Å². The lowest BCUT2D eigenvalue weighted by atomic mass is 9.98. The van der Waals surface area contributed by atoms with Crippen LogP contribution in [0.1, 0.15) is 24.2 Å². The Morgan fingerprint density at radius 2 is 2.08 bits per heavy atom. The zero-order valence-corrected chi connectivity index (χ0v) is 14.2. The third-order valence-corrected chi connectivity index (χ3v) is 4.19. The highest BCUT2D eigenvalue weighted by molar-refractivity contribution is 6.04. The molecule has 1 aliphatic rings. The molecule has 3 rings (SSSR count). The maximum atomic E-state index is 13.0. The monoisotopic (exact) mass is 359 g/mol. The second kappa shape index (κ2) is 7.47. The lowest BCUT2D eigenvalue weighted by molar-refractivity contribution is -0.139. The van der Waals surface area contributed by atoms with Gasteiger partial charge in [0, 0.05) is 25.5 Å². The first-order chi connectivity index (χ1) is 12.4. The smallest absolute Gasteiger partial charge is 0.233 e. The summed E-state index contributed by atoms with van der Waals surface area (Å²) < 4.78 is 17.8. The van der Waals surface area contributed by atoms with Gasteiger partial charge in [-0.2, -0.15) is 0 Å². The number of nitrogens with one attached hydrogen (secondary N) is 1. The van der Waals surface area contributed by atoms with Gasteiger partial charge >= 0.3 is 0 Å². The largest absolute Gasteiger partial charge is 0.360 e. The summed E-state index contributed by atoms with van der Waals surface area (Å²) in [5.41, 5.74) is 0.790. The zero-order chi connectivity index (χ0) is 18.7. The predicted molar refractivity (Wildman–Crippen MR) is 89.4 cm³/mol. The van der Waals surface area contributed by atoms with E-state index in [1.807, 2.05) is 0 Å². The molecule has 1 fully saturated rings. The van der Waals surface area contributed by atoms with Crippen molar-refractivity contribution in [3.8, 4) is 0 Å². The molecule has 1 aromatic carbocycles. The standard InChI is InChI=1S/C18H18FN3O4/c1-11-8-15(21-26-11)20-16(23)6-7-22-17(24)10-13(18(22)25)9-12-2-4-14(19)5-3-12/h2-5,8,13H,6-7,9-10H2,1H3,(H,20,21,23). The minimum atomic E-state index is -0.478. The molecular weight excluding hydrogens is 341 g/mol. The summed E-state index contributed by atoms with van der Waals surface area (Å²) in [7, 11) is 0. The quantitative estimate of drug-likeness (QED) is 0.797. The fourth-order valence-corrected chi connectivity index (χ4v) is 2.89. The Hall–Kier alpha value is -3.03. The normalized spacial score (nSPS) is 17.0. The Morgan fingerprint density at radius 3 is 2.73 bits per heavy atom. The summed E-state index contributed by atoms with van der Waals surface area (Å²) >= 11 is 0. The number of hydrogen-bond donors (Lipinski definition) is 1. The van der Waals surface area contributed by atoms with Crippen LogP contribution in [0, 0.1) is 18.7 Å². The van der Waals surface area contributed by atoms with E-state index in [-0.39, 0.29) is 42.9 Å². The minimum Gasteiger partial charge on any atom is -0.360 e. The third-order valence-electron chi connectivity index (χ3n) is 4.19. The molecule has 1 aliphatic heterocycles. The van der Waals surface area contributed by atoms with Gasteiger partial charge in [0.25, 0.3) is 0 Å². The summed E-state index contributed by atoms with van der Waals surface area (Å²) in [5, 5.41) is 6.19. The molecule has 1 atom stereocenters. The summed E-state index contributed by atoms with van der Waals surface area (Å²) in [4.78, 5) is 37.6. The van der Waals surface area contributed by atoms with Crippen molar-refractivity contribution in [3.05, 3.63) is 47.5 Å². The van der Waals surface area contributed by atoms with Gasteiger partial charge in [-0.3, -0.25) is 19.3 Å². The highest BCUT2D eigenvalue weighted by atomic mass is 19.1. The van der Waals surface area contributed by atoms with Gasteiger partial charge in [-0.1, -0.05) is 17.3 Å². The molecule has 1 saturated heterocycles. The average Bonchev–Trinajstić information content (AvgIpc) is 3.11. The Bertz CT molecular complexity index is 831. The van der Waals surface area contributed by atoms with E-state index in [2.05, 4.69) is 10.5 Å². The number of aromatic nitrogens is 1. The molecule has 1 N–H and O–H groups in total. The SMILES string of the molecule is Cc1cc(NC(=O)CCN2C(=O)CC(Cc3ccc(F)cc3)C2=O)no1. The molecule has 2 heterocycles. The second-order valence-electron chi connectivity index (χ2n) is 6.24. The topological polar surface area (TPSA) is 92.5 Å². The molecule has 0 bridgehead atoms. The Kier molecular flexibility index (Phi) is 5.11. The number of hydrogen-bond acceptors (Lipinski definition) is 5. The van der Waals surface area contributed by atoms with E-state index in [0.717, 1.165) is 10.5 Å². The van der Waals surface area contributed by atoms with Crippen LogP contribution in [0.5, 0.6) is 0 Å². The van der Waals surface area contributed by atoms with Crippen LogP contribution >= 0.6 is 0 Å². The van der Waals surface area contributed by atoms with Crippen LogP contribution in [-0.2, 0) is 20.8 Å². The van der Waals surface area contributed by atoms with Crippen molar-refractivity contribution in [1.29, 1.82) is 0 Å². The van der Waals surface area contributed by atoms with Gasteiger partial charge in [-0.05, 0) is 31.0 Å². The van der Waals surface area contributed by atoms with Crippen LogP contribution < -0.4 is 5.32 Å². The van der Waals surface area contributed by atoms with E-state index in [9.17, 15) is 18.8 Å². The maximum Gasteiger partial charge on any atom is 0.233 e. The number of halogens is 1. The van der Waals surface area contributed by atoms with E-state index in [4.69, 9.17) is 4.52 Å². The number of likely N-dealkylation sites (tertiary alicyclic amines) is 1. The number of carbonyl (C=O) groups is 3. The lowest BCUT2D eigenvalue weighted by Gasteiger charge is -2.14. The summed E-state index contributed by atoms with van der Waals surface area (Å²) in [6.07, 6.45) is 0.443. The van der Waals surface area contributed by atoms with Crippen LogP contribution in [0.2, 0.25) is 0 Å². The van der Waals surface area contributed by atoms with Crippen molar-refractivity contribution < 1.29 is 23.3 Å². The van der Waals surface area contributed by atoms with Crippen LogP contribution in [0.25, 0.3) is 0 Å². The van der Waals surface area contributed by atoms with Crippen LogP contribution in [-0.4, -0.2) is 34.3 Å². The van der Waals surface area contributed by atoms with Gasteiger partial charge in [-0.15, -0.1) is 0 Å². The molecule has 1 aromatic heterocycles. The number of nitrogens with zero attached hydrogens (tertiary/aromatic N) is 2. The van der Waals surface area contributed by atoms with Gasteiger partial charge < -0.3 is 9.84 Å². The van der Waals surface area contributed by atoms with Crippen molar-refractivity contribution in [2.75, 3.05) is 11.9 Å². The minimum absolute atomic E-state index is 0.0141. The molecule has 7 nitrogen and oxygen atoms in total. The number of rotatable bonds is 6. The average molecular weight is 359 g/mol. The van der Waals surface area contributed by atoms with E-state index >= 15 is 0 Å². The first kappa shape index (κ1) is 17.8. The molecule has 0 saturated carbocycles. The van der Waals surface area contributed by atoms with Crippen LogP contribution in [0.15, 0.2) is 34.9 Å². The van der Waals surface area contributed by atoms with Crippen molar-refractivity contribution in [1.82, 2.24) is 10.1 Å². The second-order valence-corrected chi connectivity index (χ2v) is 6.24. The molecule has 1 unspecified atom stereocenters. The molecule has 136 valence electrons. The van der Waals surface area contributed by atoms with Gasteiger partial charge in [0.1, 0.15) is 11.6 Å². The van der Waals surface area contributed by atoms with E-state index in [1.165, 1.54) is 12.1 Å². The molecule has 8 heteroatoms. The van der Waals surface area contributed by atoms with Crippen LogP contribution in [0.3, 0.4) is 0 Å². The summed E-state index contributed by atoms with van der Waals surface area (Å²) in [6.45, 7) is 1.71. The fraction of sp³-hybridized carbons (Fsp3) is 0.333. The summed E-state index contributed by atoms with van der Waals surface area (Å²) in [6, 6.07) is 7.42. The molecule has 0 radical (unpaired) electrons. The van der Waals surface area contributed by atoms with Gasteiger partial charge in [0.15, 0.2) is 5.82 Å². The van der Waals surface area contributed by atoms with E-state index in [1.54, 1.807) is 25.1 Å². The number of aryl methyl sites for hydroxylation is 1. The molecule has 26 heavy (non-hydrogen) atoms. The highest BCUT2D eigenvalue weighted by Gasteiger charge is 2.38. The predicted octanol–water partition coefficient (Wildman–Crippen LogP) is 2.07. The first-order valence-electron chi connectivity index (χ1n) is 8.24. The molecule has 0 spiro atoms. The Labute approximate surface area is 149 Å². The van der Waals surface area contributed by atoms with Crippen molar-refractivity contribution in [3.63, 3.8) is 0 Å². The fourth-order valence-electron chi connectivity index (χ4n) is 2.89. The molecule has 3 amide bonds. The van der Waals surface area contributed by atoms with Crippen molar-refractivity contribution in [2.45, 2.75) is 26.2 Å². The number of benzene rings is 1. The van der Waals surface area contributed by atoms with Gasteiger partial charge in [0.2, 0.25) is 17.7 Å². The number of carbonyl (C=O) groups excluding carboxylic acids is 3. The number of amides is 3. The molecule has 0 aliphatic carbocycles. The Balaban J connectivity index is 1.53. The van der Waals surface area contributed by atoms with E-state index < -0.39 is 5.92 Å². The van der Waals surface area contributed by atoms with Gasteiger partial charge in [-0.25, -0.2) is 4.39 Å². The van der Waals surface area contributed by atoms with Crippen molar-refractivity contribution in [2.24, 2.45) is 5.92 Å². The number of imide groups is 1. The first-order valence-corrected chi connectivity index (χ1v) is 8.24. The summed E-state index contributed by atoms with van der Waals surface area (Å²) in [5.74, 6) is -0.932. The highest BCUT2D eigenvalue weighted by Crippen LogP contribution is 2.24. The molecule has 2 aromatic rings. The van der Waals surface area contributed by atoms with Crippen molar-refractivity contribution >= 4 is 23.5 Å². The van der Waals surface area contributed by atoms with Crippen LogP contribution in [0.4, 0.5) is 10.2 Å². The maximum absolute atomic E-state index is 13.0. The van der Waals surface area contributed by atoms with Gasteiger partial charge in [0.05, 0.1) is 5.92 Å². The third kappa shape index (κ3) is 4.14. The zero-order valence-electron chi connectivity index (χ0n) is 14.2.